The number of rotatable bonds is 8. The number of amides is 1. The Kier molecular flexibility index (Phi) is 6.33. The van der Waals surface area contributed by atoms with E-state index >= 15 is 0 Å². The fourth-order valence-corrected chi connectivity index (χ4v) is 3.81. The Balaban J connectivity index is 1.92. The number of nitrogens with one attached hydrogen (secondary N) is 1. The summed E-state index contributed by atoms with van der Waals surface area (Å²) in [4.78, 5) is 12.7. The second-order valence-electron chi connectivity index (χ2n) is 7.44. The molecule has 0 aliphatic carbocycles. The molecule has 3 aromatic rings. The molecule has 0 saturated carbocycles. The van der Waals surface area contributed by atoms with Gasteiger partial charge in [0.2, 0.25) is 5.91 Å². The first-order valence-electron chi connectivity index (χ1n) is 9.97. The van der Waals surface area contributed by atoms with Crippen LogP contribution in [0.5, 0.6) is 0 Å². The Morgan fingerprint density at radius 3 is 2.70 bits per heavy atom. The summed E-state index contributed by atoms with van der Waals surface area (Å²) in [6.45, 7) is 5.05. The van der Waals surface area contributed by atoms with E-state index < -0.39 is 0 Å². The van der Waals surface area contributed by atoms with Gasteiger partial charge in [-0.2, -0.15) is 0 Å². The number of nitrogens with zero attached hydrogens (tertiary/aromatic N) is 1. The molecule has 27 heavy (non-hydrogen) atoms. The van der Waals surface area contributed by atoms with Crippen LogP contribution >= 0.6 is 0 Å². The average Bonchev–Trinajstić information content (AvgIpc) is 3.00. The lowest BCUT2D eigenvalue weighted by Gasteiger charge is -2.18. The van der Waals surface area contributed by atoms with Gasteiger partial charge in [0.1, 0.15) is 0 Å². The Morgan fingerprint density at radius 2 is 1.93 bits per heavy atom. The molecule has 0 saturated heterocycles. The number of benzene rings is 2. The molecule has 0 aliphatic rings. The third-order valence-corrected chi connectivity index (χ3v) is 5.24. The van der Waals surface area contributed by atoms with Gasteiger partial charge in [0.15, 0.2) is 0 Å². The van der Waals surface area contributed by atoms with Crippen LogP contribution in [0.25, 0.3) is 10.9 Å². The molecule has 1 heterocycles. The van der Waals surface area contributed by atoms with Crippen molar-refractivity contribution in [1.29, 1.82) is 0 Å². The van der Waals surface area contributed by atoms with Crippen LogP contribution in [0.3, 0.4) is 0 Å². The number of fused-ring (bicyclic) bond motifs is 1. The lowest BCUT2D eigenvalue weighted by Crippen LogP contribution is -2.26. The topological polar surface area (TPSA) is 34.0 Å². The highest BCUT2D eigenvalue weighted by Gasteiger charge is 2.22. The maximum atomic E-state index is 12.7. The van der Waals surface area contributed by atoms with Crippen molar-refractivity contribution in [2.75, 3.05) is 6.54 Å². The highest BCUT2D eigenvalue weighted by Crippen LogP contribution is 2.34. The van der Waals surface area contributed by atoms with Gasteiger partial charge in [-0.1, -0.05) is 67.8 Å². The summed E-state index contributed by atoms with van der Waals surface area (Å²) < 4.78 is 2.16. The van der Waals surface area contributed by atoms with Gasteiger partial charge in [0.25, 0.3) is 0 Å². The number of carbonyl (C=O) groups excluding carboxylic acids is 1. The average molecular weight is 363 g/mol. The van der Waals surface area contributed by atoms with Crippen LogP contribution in [0.1, 0.15) is 55.2 Å². The highest BCUT2D eigenvalue weighted by atomic mass is 16.1. The standard InChI is InChI=1S/C24H30N2O/c1-4-5-8-14-25-24(27)16-21(19-11-9-10-18(2)15-19)22-17-26(3)23-13-7-6-12-20(22)23/h6-7,9-13,15,17,21H,4-5,8,14,16H2,1-3H3,(H,25,27). The van der Waals surface area contributed by atoms with Crippen LogP contribution in [-0.4, -0.2) is 17.0 Å². The van der Waals surface area contributed by atoms with Gasteiger partial charge in [-0.05, 0) is 30.5 Å². The lowest BCUT2D eigenvalue weighted by atomic mass is 9.87. The molecule has 2 aromatic carbocycles. The van der Waals surface area contributed by atoms with Gasteiger partial charge in [0, 0.05) is 43.0 Å². The van der Waals surface area contributed by atoms with Crippen LogP contribution < -0.4 is 5.32 Å². The second-order valence-corrected chi connectivity index (χ2v) is 7.44. The molecule has 1 unspecified atom stereocenters. The molecule has 3 heteroatoms. The molecular weight excluding hydrogens is 332 g/mol. The number of para-hydroxylation sites is 1. The van der Waals surface area contributed by atoms with Crippen molar-refractivity contribution in [2.24, 2.45) is 7.05 Å². The monoisotopic (exact) mass is 362 g/mol. The van der Waals surface area contributed by atoms with Crippen molar-refractivity contribution in [2.45, 2.75) is 45.4 Å². The first-order chi connectivity index (χ1) is 13.1. The number of aromatic nitrogens is 1. The largest absolute Gasteiger partial charge is 0.356 e. The summed E-state index contributed by atoms with van der Waals surface area (Å²) in [5.41, 5.74) is 4.85. The van der Waals surface area contributed by atoms with Crippen LogP contribution in [0.4, 0.5) is 0 Å². The van der Waals surface area contributed by atoms with E-state index in [9.17, 15) is 4.79 Å². The molecule has 1 amide bonds. The number of aryl methyl sites for hydroxylation is 2. The smallest absolute Gasteiger partial charge is 0.220 e. The van der Waals surface area contributed by atoms with E-state index in [0.717, 1.165) is 25.8 Å². The molecule has 1 aromatic heterocycles. The van der Waals surface area contributed by atoms with Gasteiger partial charge in [-0.3, -0.25) is 4.79 Å². The van der Waals surface area contributed by atoms with Crippen LogP contribution in [0, 0.1) is 6.92 Å². The summed E-state index contributed by atoms with van der Waals surface area (Å²) in [7, 11) is 2.07. The highest BCUT2D eigenvalue weighted by molar-refractivity contribution is 5.86. The van der Waals surface area contributed by atoms with Crippen molar-refractivity contribution in [1.82, 2.24) is 9.88 Å². The van der Waals surface area contributed by atoms with Crippen molar-refractivity contribution >= 4 is 16.8 Å². The second kappa shape index (κ2) is 8.90. The Hall–Kier alpha value is -2.55. The van der Waals surface area contributed by atoms with Crippen molar-refractivity contribution in [3.05, 3.63) is 71.4 Å². The minimum Gasteiger partial charge on any atom is -0.356 e. The third-order valence-electron chi connectivity index (χ3n) is 5.24. The molecule has 3 nitrogen and oxygen atoms in total. The lowest BCUT2D eigenvalue weighted by molar-refractivity contribution is -0.121. The zero-order chi connectivity index (χ0) is 19.2. The van der Waals surface area contributed by atoms with E-state index in [-0.39, 0.29) is 11.8 Å². The predicted octanol–water partition coefficient (Wildman–Crippen LogP) is 5.32. The molecule has 0 spiro atoms. The van der Waals surface area contributed by atoms with E-state index in [4.69, 9.17) is 0 Å². The first kappa shape index (κ1) is 19.2. The summed E-state index contributed by atoms with van der Waals surface area (Å²) in [6, 6.07) is 17.0. The predicted molar refractivity (Wildman–Crippen MR) is 113 cm³/mol. The van der Waals surface area contributed by atoms with Gasteiger partial charge in [-0.25, -0.2) is 0 Å². The van der Waals surface area contributed by atoms with E-state index in [1.807, 2.05) is 0 Å². The minimum atomic E-state index is 0.0576. The Labute approximate surface area is 162 Å². The number of hydrogen-bond donors (Lipinski definition) is 1. The molecule has 0 aliphatic heterocycles. The van der Waals surface area contributed by atoms with Crippen LogP contribution in [0.15, 0.2) is 54.7 Å². The quantitative estimate of drug-likeness (QED) is 0.541. The SMILES string of the molecule is CCCCCNC(=O)CC(c1cccc(C)c1)c1cn(C)c2ccccc12. The van der Waals surface area contributed by atoms with E-state index in [1.54, 1.807) is 0 Å². The van der Waals surface area contributed by atoms with Crippen molar-refractivity contribution < 1.29 is 4.79 Å². The Bertz CT molecular complexity index is 910. The normalized spacial score (nSPS) is 12.3. The van der Waals surface area contributed by atoms with E-state index in [0.29, 0.717) is 6.42 Å². The van der Waals surface area contributed by atoms with E-state index in [1.165, 1.54) is 27.6 Å². The molecule has 142 valence electrons. The minimum absolute atomic E-state index is 0.0576. The zero-order valence-corrected chi connectivity index (χ0v) is 16.7. The first-order valence-corrected chi connectivity index (χ1v) is 9.97. The Morgan fingerprint density at radius 1 is 1.11 bits per heavy atom. The maximum Gasteiger partial charge on any atom is 0.220 e. The van der Waals surface area contributed by atoms with Gasteiger partial charge in [0.05, 0.1) is 0 Å². The fraction of sp³-hybridized carbons (Fsp3) is 0.375. The summed E-state index contributed by atoms with van der Waals surface area (Å²) in [5.74, 6) is 0.188. The molecular formula is C24H30N2O. The zero-order valence-electron chi connectivity index (χ0n) is 16.7. The van der Waals surface area contributed by atoms with Gasteiger partial charge in [-0.15, -0.1) is 0 Å². The number of hydrogen-bond acceptors (Lipinski definition) is 1. The summed E-state index contributed by atoms with van der Waals surface area (Å²) >= 11 is 0. The summed E-state index contributed by atoms with van der Waals surface area (Å²) in [6.07, 6.45) is 6.03. The molecule has 0 bridgehead atoms. The molecule has 0 radical (unpaired) electrons. The summed E-state index contributed by atoms with van der Waals surface area (Å²) in [5, 5.41) is 4.34. The molecule has 1 N–H and O–H groups in total. The molecule has 1 atom stereocenters. The maximum absolute atomic E-state index is 12.7. The fourth-order valence-electron chi connectivity index (χ4n) is 3.81. The third kappa shape index (κ3) is 4.60. The van der Waals surface area contributed by atoms with Gasteiger partial charge < -0.3 is 9.88 Å². The molecule has 3 rings (SSSR count). The van der Waals surface area contributed by atoms with Crippen molar-refractivity contribution in [3.63, 3.8) is 0 Å². The van der Waals surface area contributed by atoms with E-state index in [2.05, 4.69) is 85.5 Å². The molecule has 0 fully saturated rings. The van der Waals surface area contributed by atoms with Crippen molar-refractivity contribution in [3.8, 4) is 0 Å². The van der Waals surface area contributed by atoms with Crippen LogP contribution in [-0.2, 0) is 11.8 Å². The number of carbonyl (C=O) groups is 1. The van der Waals surface area contributed by atoms with Crippen LogP contribution in [0.2, 0.25) is 0 Å². The number of unbranched alkanes of at least 4 members (excludes halogenated alkanes) is 2. The van der Waals surface area contributed by atoms with Gasteiger partial charge >= 0.3 is 0 Å².